The molecule has 1 heterocycles. The molecule has 1 aliphatic rings. The smallest absolute Gasteiger partial charge is 0.277 e. The number of hydrogen-bond acceptors (Lipinski definition) is 5. The summed E-state index contributed by atoms with van der Waals surface area (Å²) >= 11 is 0. The lowest BCUT2D eigenvalue weighted by molar-refractivity contribution is -0.153. The van der Waals surface area contributed by atoms with Gasteiger partial charge < -0.3 is 14.4 Å². The number of methoxy groups -OCH3 is 2. The number of amides is 3. The van der Waals surface area contributed by atoms with E-state index in [9.17, 15) is 14.4 Å². The molecule has 0 aromatic heterocycles. The second kappa shape index (κ2) is 8.82. The van der Waals surface area contributed by atoms with Gasteiger partial charge in [0.1, 0.15) is 23.7 Å². The van der Waals surface area contributed by atoms with Gasteiger partial charge in [-0.15, -0.1) is 0 Å². The molecule has 2 aromatic carbocycles. The first-order valence-electron chi connectivity index (χ1n) is 9.46. The average molecular weight is 408 g/mol. The molecular formula is C23H24N2O5. The molecule has 2 aromatic rings. The van der Waals surface area contributed by atoms with E-state index in [1.165, 1.54) is 11.8 Å². The topological polar surface area (TPSA) is 76.2 Å². The molecule has 0 saturated carbocycles. The van der Waals surface area contributed by atoms with Gasteiger partial charge in [-0.2, -0.15) is 0 Å². The highest BCUT2D eigenvalue weighted by Gasteiger charge is 2.36. The fourth-order valence-electron chi connectivity index (χ4n) is 3.31. The van der Waals surface area contributed by atoms with Gasteiger partial charge in [-0.05, 0) is 54.0 Å². The fourth-order valence-corrected chi connectivity index (χ4v) is 3.31. The summed E-state index contributed by atoms with van der Waals surface area (Å²) < 4.78 is 10.4. The maximum atomic E-state index is 13.0. The third-order valence-electron chi connectivity index (χ3n) is 4.95. The van der Waals surface area contributed by atoms with Crippen molar-refractivity contribution >= 4 is 23.8 Å². The fraction of sp³-hybridized carbons (Fsp3) is 0.261. The van der Waals surface area contributed by atoms with Gasteiger partial charge in [-0.3, -0.25) is 19.3 Å². The first-order chi connectivity index (χ1) is 14.3. The molecule has 1 aliphatic heterocycles. The lowest BCUT2D eigenvalue weighted by atomic mass is 10.1. The Bertz CT molecular complexity index is 1010. The van der Waals surface area contributed by atoms with E-state index in [4.69, 9.17) is 9.47 Å². The minimum Gasteiger partial charge on any atom is -0.497 e. The van der Waals surface area contributed by atoms with Gasteiger partial charge in [0.2, 0.25) is 11.8 Å². The van der Waals surface area contributed by atoms with E-state index in [-0.39, 0.29) is 24.7 Å². The van der Waals surface area contributed by atoms with Gasteiger partial charge in [0.25, 0.3) is 5.91 Å². The molecule has 7 nitrogen and oxygen atoms in total. The molecule has 1 saturated heterocycles. The second-order valence-electron chi connectivity index (χ2n) is 7.00. The Morgan fingerprint density at radius 1 is 1.07 bits per heavy atom. The molecule has 0 radical (unpaired) electrons. The first-order valence-corrected chi connectivity index (χ1v) is 9.46. The van der Waals surface area contributed by atoms with Crippen molar-refractivity contribution < 1.29 is 23.9 Å². The number of carbonyl (C=O) groups is 3. The van der Waals surface area contributed by atoms with Gasteiger partial charge in [0, 0.05) is 6.92 Å². The summed E-state index contributed by atoms with van der Waals surface area (Å²) in [5, 5.41) is 0. The Kier molecular flexibility index (Phi) is 6.20. The van der Waals surface area contributed by atoms with Crippen molar-refractivity contribution in [2.75, 3.05) is 20.8 Å². The van der Waals surface area contributed by atoms with Crippen LogP contribution in [-0.2, 0) is 20.9 Å². The average Bonchev–Trinajstić information content (AvgIpc) is 2.73. The molecule has 0 unspecified atom stereocenters. The zero-order chi connectivity index (χ0) is 21.8. The van der Waals surface area contributed by atoms with Gasteiger partial charge in [0.05, 0.1) is 20.8 Å². The van der Waals surface area contributed by atoms with Crippen molar-refractivity contribution in [3.05, 3.63) is 64.9 Å². The number of carbonyl (C=O) groups excluding carboxylic acids is 3. The number of nitrogens with zero attached hydrogens (tertiary/aromatic N) is 2. The van der Waals surface area contributed by atoms with Crippen LogP contribution in [0.3, 0.4) is 0 Å². The van der Waals surface area contributed by atoms with Crippen LogP contribution in [0.4, 0.5) is 0 Å². The molecule has 0 spiro atoms. The predicted octanol–water partition coefficient (Wildman–Crippen LogP) is 2.77. The molecule has 1 fully saturated rings. The maximum Gasteiger partial charge on any atom is 0.277 e. The predicted molar refractivity (Wildman–Crippen MR) is 112 cm³/mol. The van der Waals surface area contributed by atoms with E-state index < -0.39 is 11.8 Å². The van der Waals surface area contributed by atoms with Crippen molar-refractivity contribution in [1.29, 1.82) is 0 Å². The van der Waals surface area contributed by atoms with Crippen molar-refractivity contribution in [3.63, 3.8) is 0 Å². The minimum atomic E-state index is -0.496. The van der Waals surface area contributed by atoms with E-state index >= 15 is 0 Å². The van der Waals surface area contributed by atoms with Gasteiger partial charge in [-0.1, -0.05) is 18.2 Å². The van der Waals surface area contributed by atoms with Crippen LogP contribution in [0.2, 0.25) is 0 Å². The van der Waals surface area contributed by atoms with E-state index in [0.29, 0.717) is 5.75 Å². The number of imide groups is 1. The number of ether oxygens (including phenoxy) is 2. The van der Waals surface area contributed by atoms with Crippen molar-refractivity contribution in [2.24, 2.45) is 0 Å². The van der Waals surface area contributed by atoms with Gasteiger partial charge in [-0.25, -0.2) is 0 Å². The standard InChI is InChI=1S/C23H24N2O5/c1-15-11-18(7-10-21(15)30-4)12-20-23(28)24(16(2)26)14-22(27)25(20)13-17-5-8-19(29-3)9-6-17/h5-12H,13-14H2,1-4H3/b20-12-. The van der Waals surface area contributed by atoms with Crippen molar-refractivity contribution in [3.8, 4) is 11.5 Å². The molecule has 0 N–H and O–H groups in total. The SMILES string of the molecule is COc1ccc(CN2C(=O)CN(C(C)=O)C(=O)/C2=C/c2ccc(OC)c(C)c2)cc1. The summed E-state index contributed by atoms with van der Waals surface area (Å²) in [6.07, 6.45) is 1.63. The van der Waals surface area contributed by atoms with Gasteiger partial charge >= 0.3 is 0 Å². The zero-order valence-electron chi connectivity index (χ0n) is 17.5. The summed E-state index contributed by atoms with van der Waals surface area (Å²) in [7, 11) is 3.17. The quantitative estimate of drug-likeness (QED) is 0.711. The molecule has 0 atom stereocenters. The normalized spacial score (nSPS) is 15.5. The molecule has 156 valence electrons. The summed E-state index contributed by atoms with van der Waals surface area (Å²) in [6, 6.07) is 12.7. The number of piperazine rings is 1. The number of rotatable bonds is 5. The van der Waals surface area contributed by atoms with Crippen LogP contribution in [0.25, 0.3) is 6.08 Å². The molecule has 0 aliphatic carbocycles. The number of benzene rings is 2. The summed E-state index contributed by atoms with van der Waals surface area (Å²) in [5.41, 5.74) is 2.62. The van der Waals surface area contributed by atoms with E-state index in [1.807, 2.05) is 25.1 Å². The highest BCUT2D eigenvalue weighted by atomic mass is 16.5. The van der Waals surface area contributed by atoms with E-state index in [1.54, 1.807) is 44.6 Å². The third-order valence-corrected chi connectivity index (χ3v) is 4.95. The number of hydrogen-bond donors (Lipinski definition) is 0. The molecule has 3 rings (SSSR count). The van der Waals surface area contributed by atoms with Crippen LogP contribution in [0.1, 0.15) is 23.6 Å². The lowest BCUT2D eigenvalue weighted by Crippen LogP contribution is -2.53. The van der Waals surface area contributed by atoms with Crippen LogP contribution in [0.5, 0.6) is 11.5 Å². The van der Waals surface area contributed by atoms with Crippen LogP contribution in [-0.4, -0.2) is 48.3 Å². The third kappa shape index (κ3) is 4.35. The van der Waals surface area contributed by atoms with Crippen molar-refractivity contribution in [1.82, 2.24) is 9.80 Å². The van der Waals surface area contributed by atoms with Crippen LogP contribution in [0, 0.1) is 6.92 Å². The van der Waals surface area contributed by atoms with E-state index in [0.717, 1.165) is 27.3 Å². The second-order valence-corrected chi connectivity index (χ2v) is 7.00. The minimum absolute atomic E-state index is 0.154. The molecular weight excluding hydrogens is 384 g/mol. The summed E-state index contributed by atoms with van der Waals surface area (Å²) in [5.74, 6) is 0.145. The van der Waals surface area contributed by atoms with Crippen LogP contribution >= 0.6 is 0 Å². The zero-order valence-corrected chi connectivity index (χ0v) is 17.5. The summed E-state index contributed by atoms with van der Waals surface area (Å²) in [6.45, 7) is 3.11. The molecule has 7 heteroatoms. The Labute approximate surface area is 175 Å². The van der Waals surface area contributed by atoms with Gasteiger partial charge in [0.15, 0.2) is 0 Å². The molecule has 30 heavy (non-hydrogen) atoms. The molecule has 3 amide bonds. The van der Waals surface area contributed by atoms with Crippen LogP contribution < -0.4 is 9.47 Å². The largest absolute Gasteiger partial charge is 0.497 e. The Balaban J connectivity index is 2.01. The first kappa shape index (κ1) is 21.1. The van der Waals surface area contributed by atoms with E-state index in [2.05, 4.69) is 0 Å². The Hall–Kier alpha value is -3.61. The molecule has 0 bridgehead atoms. The van der Waals surface area contributed by atoms with Crippen LogP contribution in [0.15, 0.2) is 48.2 Å². The highest BCUT2D eigenvalue weighted by Crippen LogP contribution is 2.25. The van der Waals surface area contributed by atoms with Crippen molar-refractivity contribution in [2.45, 2.75) is 20.4 Å². The number of aryl methyl sites for hydroxylation is 1. The Morgan fingerprint density at radius 3 is 2.33 bits per heavy atom. The monoisotopic (exact) mass is 408 g/mol. The highest BCUT2D eigenvalue weighted by molar-refractivity contribution is 6.12. The summed E-state index contributed by atoms with van der Waals surface area (Å²) in [4.78, 5) is 40.2. The lowest BCUT2D eigenvalue weighted by Gasteiger charge is -2.34. The maximum absolute atomic E-state index is 13.0. The Morgan fingerprint density at radius 2 is 1.77 bits per heavy atom.